The third-order valence-electron chi connectivity index (χ3n) is 5.60. The number of carbonyl (C=O) groups excluding carboxylic acids is 2. The summed E-state index contributed by atoms with van der Waals surface area (Å²) in [5, 5.41) is 11.7. The van der Waals surface area contributed by atoms with Gasteiger partial charge in [-0.05, 0) is 42.9 Å². The second-order valence-corrected chi connectivity index (χ2v) is 7.29. The number of benzene rings is 1. The predicted octanol–water partition coefficient (Wildman–Crippen LogP) is 1.68. The number of nitrogens with zero attached hydrogens (tertiary/aromatic N) is 2. The Labute approximate surface area is 154 Å². The van der Waals surface area contributed by atoms with Crippen LogP contribution in [0.2, 0.25) is 0 Å². The maximum atomic E-state index is 12.7. The van der Waals surface area contributed by atoms with Gasteiger partial charge in [-0.2, -0.15) is 5.26 Å². The fourth-order valence-corrected chi connectivity index (χ4v) is 3.81. The first-order valence-electron chi connectivity index (χ1n) is 9.43. The monoisotopic (exact) mass is 354 g/mol. The van der Waals surface area contributed by atoms with Gasteiger partial charge in [0.2, 0.25) is 11.8 Å². The van der Waals surface area contributed by atoms with Gasteiger partial charge in [0.25, 0.3) is 0 Å². The molecule has 1 aliphatic heterocycles. The average Bonchev–Trinajstić information content (AvgIpc) is 2.66. The van der Waals surface area contributed by atoms with Crippen LogP contribution in [0.5, 0.6) is 0 Å². The minimum atomic E-state index is -0.482. The first kappa shape index (κ1) is 18.4. The van der Waals surface area contributed by atoms with Crippen LogP contribution < -0.4 is 11.1 Å². The van der Waals surface area contributed by atoms with E-state index in [0.29, 0.717) is 25.1 Å². The van der Waals surface area contributed by atoms with E-state index in [9.17, 15) is 9.59 Å². The summed E-state index contributed by atoms with van der Waals surface area (Å²) < 4.78 is 0. The highest BCUT2D eigenvalue weighted by molar-refractivity contribution is 5.91. The summed E-state index contributed by atoms with van der Waals surface area (Å²) >= 11 is 0. The summed E-state index contributed by atoms with van der Waals surface area (Å²) in [7, 11) is 0. The van der Waals surface area contributed by atoms with E-state index in [0.717, 1.165) is 31.2 Å². The number of amides is 2. The Balaban J connectivity index is 1.51. The molecule has 2 amide bonds. The summed E-state index contributed by atoms with van der Waals surface area (Å²) in [6, 6.07) is 8.27. The van der Waals surface area contributed by atoms with Gasteiger partial charge in [0.05, 0.1) is 17.7 Å². The first-order valence-corrected chi connectivity index (χ1v) is 9.43. The molecular formula is C20H26N4O2. The lowest BCUT2D eigenvalue weighted by Gasteiger charge is -2.42. The van der Waals surface area contributed by atoms with Crippen molar-refractivity contribution in [3.63, 3.8) is 0 Å². The number of likely N-dealkylation sites (tertiary alicyclic amines) is 1. The lowest BCUT2D eigenvalue weighted by Crippen LogP contribution is -2.62. The molecule has 1 aromatic carbocycles. The van der Waals surface area contributed by atoms with E-state index in [1.807, 2.05) is 12.1 Å². The Morgan fingerprint density at radius 2 is 1.88 bits per heavy atom. The molecule has 1 heterocycles. The minimum Gasteiger partial charge on any atom is -0.350 e. The van der Waals surface area contributed by atoms with Crippen LogP contribution in [-0.2, 0) is 16.1 Å². The molecule has 0 spiro atoms. The van der Waals surface area contributed by atoms with E-state index in [-0.39, 0.29) is 17.7 Å². The van der Waals surface area contributed by atoms with E-state index in [2.05, 4.69) is 11.4 Å². The van der Waals surface area contributed by atoms with Gasteiger partial charge in [-0.3, -0.25) is 9.59 Å². The maximum absolute atomic E-state index is 12.7. The van der Waals surface area contributed by atoms with Crippen molar-refractivity contribution < 1.29 is 9.59 Å². The molecule has 1 saturated heterocycles. The smallest absolute Gasteiger partial charge is 0.243 e. The molecule has 0 bridgehead atoms. The Morgan fingerprint density at radius 3 is 2.46 bits per heavy atom. The third-order valence-corrected chi connectivity index (χ3v) is 5.60. The largest absolute Gasteiger partial charge is 0.350 e. The minimum absolute atomic E-state index is 0.0818. The molecule has 0 radical (unpaired) electrons. The molecule has 138 valence electrons. The molecule has 2 aliphatic rings. The van der Waals surface area contributed by atoms with Crippen LogP contribution >= 0.6 is 0 Å². The number of nitrogens with one attached hydrogen (secondary N) is 1. The molecule has 2 atom stereocenters. The predicted molar refractivity (Wildman–Crippen MR) is 97.7 cm³/mol. The fraction of sp³-hybridized carbons (Fsp3) is 0.550. The zero-order chi connectivity index (χ0) is 18.5. The highest BCUT2D eigenvalue weighted by Crippen LogP contribution is 2.28. The summed E-state index contributed by atoms with van der Waals surface area (Å²) in [5.74, 6) is 0.0330. The number of hydrogen-bond donors (Lipinski definition) is 2. The van der Waals surface area contributed by atoms with E-state index in [1.54, 1.807) is 17.0 Å². The second kappa shape index (κ2) is 8.33. The van der Waals surface area contributed by atoms with Gasteiger partial charge < -0.3 is 16.0 Å². The quantitative estimate of drug-likeness (QED) is 0.840. The molecule has 2 unspecified atom stereocenters. The van der Waals surface area contributed by atoms with Crippen LogP contribution in [0.1, 0.15) is 49.7 Å². The number of hydrogen-bond acceptors (Lipinski definition) is 4. The van der Waals surface area contributed by atoms with E-state index in [4.69, 9.17) is 11.0 Å². The van der Waals surface area contributed by atoms with Crippen molar-refractivity contribution >= 4 is 11.8 Å². The van der Waals surface area contributed by atoms with Crippen molar-refractivity contribution in [1.82, 2.24) is 10.2 Å². The van der Waals surface area contributed by atoms with E-state index >= 15 is 0 Å². The van der Waals surface area contributed by atoms with E-state index in [1.165, 1.54) is 6.42 Å². The molecule has 2 fully saturated rings. The molecule has 6 heteroatoms. The second-order valence-electron chi connectivity index (χ2n) is 7.29. The number of carbonyl (C=O) groups is 2. The molecule has 1 aliphatic carbocycles. The van der Waals surface area contributed by atoms with Crippen LogP contribution in [0.3, 0.4) is 0 Å². The fourth-order valence-electron chi connectivity index (χ4n) is 3.81. The summed E-state index contributed by atoms with van der Waals surface area (Å²) in [6.45, 7) is 0.992. The molecule has 3 N–H and O–H groups in total. The number of nitrogens with two attached hydrogens (primary N) is 1. The zero-order valence-electron chi connectivity index (χ0n) is 15.0. The summed E-state index contributed by atoms with van der Waals surface area (Å²) in [5.41, 5.74) is 7.72. The topological polar surface area (TPSA) is 99.2 Å². The highest BCUT2D eigenvalue weighted by atomic mass is 16.2. The van der Waals surface area contributed by atoms with Crippen LogP contribution in [0, 0.1) is 17.2 Å². The van der Waals surface area contributed by atoms with Crippen LogP contribution in [0.25, 0.3) is 0 Å². The number of nitriles is 1. The SMILES string of the molecule is N#Cc1ccc(CNC(=O)C2CCN2C(=O)C(N)C2CCCCC2)cc1. The van der Waals surface area contributed by atoms with E-state index < -0.39 is 12.1 Å². The average molecular weight is 354 g/mol. The highest BCUT2D eigenvalue weighted by Gasteiger charge is 2.41. The molecule has 1 saturated carbocycles. The molecule has 0 aromatic heterocycles. The van der Waals surface area contributed by atoms with Crippen LogP contribution in [-0.4, -0.2) is 35.3 Å². The molecule has 6 nitrogen and oxygen atoms in total. The standard InChI is InChI=1S/C20H26N4O2/c21-12-14-6-8-15(9-7-14)13-23-19(25)17-10-11-24(17)20(26)18(22)16-4-2-1-3-5-16/h6-9,16-18H,1-5,10-11,13,22H2,(H,23,25). The Morgan fingerprint density at radius 1 is 1.19 bits per heavy atom. The maximum Gasteiger partial charge on any atom is 0.243 e. The van der Waals surface area contributed by atoms with Crippen molar-refractivity contribution in [2.24, 2.45) is 11.7 Å². The third kappa shape index (κ3) is 4.05. The van der Waals surface area contributed by atoms with Crippen molar-refractivity contribution in [2.45, 2.75) is 57.2 Å². The molecule has 3 rings (SSSR count). The van der Waals surface area contributed by atoms with Gasteiger partial charge in [0.1, 0.15) is 6.04 Å². The molecular weight excluding hydrogens is 328 g/mol. The Hall–Kier alpha value is -2.39. The summed E-state index contributed by atoms with van der Waals surface area (Å²) in [4.78, 5) is 26.7. The number of rotatable bonds is 5. The van der Waals surface area contributed by atoms with Crippen molar-refractivity contribution in [3.8, 4) is 6.07 Å². The van der Waals surface area contributed by atoms with Crippen LogP contribution in [0.15, 0.2) is 24.3 Å². The van der Waals surface area contributed by atoms with Gasteiger partial charge in [-0.15, -0.1) is 0 Å². The van der Waals surface area contributed by atoms with Crippen molar-refractivity contribution in [3.05, 3.63) is 35.4 Å². The van der Waals surface area contributed by atoms with Crippen molar-refractivity contribution in [1.29, 1.82) is 5.26 Å². The van der Waals surface area contributed by atoms with Gasteiger partial charge in [0, 0.05) is 13.1 Å². The Bertz CT molecular complexity index is 689. The summed E-state index contributed by atoms with van der Waals surface area (Å²) in [6.07, 6.45) is 6.21. The van der Waals surface area contributed by atoms with Gasteiger partial charge in [0.15, 0.2) is 0 Å². The van der Waals surface area contributed by atoms with Gasteiger partial charge in [-0.25, -0.2) is 0 Å². The first-order chi connectivity index (χ1) is 12.6. The lowest BCUT2D eigenvalue weighted by atomic mass is 9.83. The van der Waals surface area contributed by atoms with Crippen molar-refractivity contribution in [2.75, 3.05) is 6.54 Å². The lowest BCUT2D eigenvalue weighted by molar-refractivity contribution is -0.149. The zero-order valence-corrected chi connectivity index (χ0v) is 15.0. The Kier molecular flexibility index (Phi) is 5.89. The molecule has 26 heavy (non-hydrogen) atoms. The normalized spacial score (nSPS) is 21.4. The van der Waals surface area contributed by atoms with Gasteiger partial charge in [-0.1, -0.05) is 31.4 Å². The molecule has 1 aromatic rings. The van der Waals surface area contributed by atoms with Crippen LogP contribution in [0.4, 0.5) is 0 Å². The van der Waals surface area contributed by atoms with Gasteiger partial charge >= 0.3 is 0 Å².